The highest BCUT2D eigenvalue weighted by Gasteiger charge is 2.15. The minimum absolute atomic E-state index is 0.0707. The molecule has 0 aliphatic heterocycles. The number of hydrogen-bond donors (Lipinski definition) is 1. The van der Waals surface area contributed by atoms with Crippen molar-refractivity contribution >= 4 is 11.9 Å². The molecule has 0 fully saturated rings. The molecule has 0 unspecified atom stereocenters. The molecule has 0 atom stereocenters. The van der Waals surface area contributed by atoms with Gasteiger partial charge in [0.2, 0.25) is 5.95 Å². The van der Waals surface area contributed by atoms with Crippen LogP contribution in [0.3, 0.4) is 0 Å². The van der Waals surface area contributed by atoms with Gasteiger partial charge in [-0.3, -0.25) is 4.79 Å². The van der Waals surface area contributed by atoms with Crippen LogP contribution in [0, 0.1) is 0 Å². The molecule has 0 spiro atoms. The van der Waals surface area contributed by atoms with Crippen LogP contribution in [0.5, 0.6) is 0 Å². The van der Waals surface area contributed by atoms with Crippen molar-refractivity contribution in [2.75, 3.05) is 11.9 Å². The number of carbonyl (C=O) groups excluding carboxylic acids is 1. The maximum Gasteiger partial charge on any atom is 0.325 e. The van der Waals surface area contributed by atoms with E-state index in [1.54, 1.807) is 18.5 Å². The minimum atomic E-state index is -0.462. The minimum Gasteiger partial charge on any atom is -0.459 e. The molecule has 15 heavy (non-hydrogen) atoms. The van der Waals surface area contributed by atoms with E-state index >= 15 is 0 Å². The molecule has 0 radical (unpaired) electrons. The van der Waals surface area contributed by atoms with Crippen LogP contribution in [0.25, 0.3) is 0 Å². The van der Waals surface area contributed by atoms with Gasteiger partial charge in [0.25, 0.3) is 0 Å². The molecule has 5 heteroatoms. The Bertz CT molecular complexity index is 319. The normalized spacial score (nSPS) is 10.9. The highest BCUT2D eigenvalue weighted by molar-refractivity contribution is 5.74. The van der Waals surface area contributed by atoms with Crippen molar-refractivity contribution in [3.05, 3.63) is 18.5 Å². The van der Waals surface area contributed by atoms with Gasteiger partial charge in [-0.2, -0.15) is 0 Å². The maximum atomic E-state index is 11.3. The van der Waals surface area contributed by atoms with Gasteiger partial charge in [0, 0.05) is 12.4 Å². The number of ether oxygens (including phenoxy) is 1. The van der Waals surface area contributed by atoms with Crippen LogP contribution in [0.4, 0.5) is 5.95 Å². The fourth-order valence-corrected chi connectivity index (χ4v) is 0.919. The molecule has 0 amide bonds. The smallest absolute Gasteiger partial charge is 0.325 e. The fraction of sp³-hybridized carbons (Fsp3) is 0.500. The Hall–Kier alpha value is -1.65. The van der Waals surface area contributed by atoms with Crippen LogP contribution in [-0.4, -0.2) is 28.1 Å². The molecule has 0 aliphatic rings. The summed E-state index contributed by atoms with van der Waals surface area (Å²) < 4.78 is 5.10. The molecule has 0 bridgehead atoms. The van der Waals surface area contributed by atoms with Crippen LogP contribution < -0.4 is 5.32 Å². The number of esters is 1. The van der Waals surface area contributed by atoms with E-state index < -0.39 is 5.60 Å². The number of carbonyl (C=O) groups is 1. The van der Waals surface area contributed by atoms with E-state index in [0.29, 0.717) is 5.95 Å². The van der Waals surface area contributed by atoms with E-state index in [9.17, 15) is 4.79 Å². The van der Waals surface area contributed by atoms with Gasteiger partial charge in [-0.05, 0) is 26.8 Å². The molecule has 0 aromatic carbocycles. The number of anilines is 1. The molecule has 0 aliphatic carbocycles. The quantitative estimate of drug-likeness (QED) is 0.758. The van der Waals surface area contributed by atoms with Crippen molar-refractivity contribution in [3.63, 3.8) is 0 Å². The zero-order valence-corrected chi connectivity index (χ0v) is 9.15. The van der Waals surface area contributed by atoms with E-state index in [4.69, 9.17) is 4.74 Å². The average Bonchev–Trinajstić information content (AvgIpc) is 2.14. The molecule has 1 aromatic rings. The van der Waals surface area contributed by atoms with Crippen molar-refractivity contribution in [1.29, 1.82) is 0 Å². The Labute approximate surface area is 88.9 Å². The second kappa shape index (κ2) is 4.72. The highest BCUT2D eigenvalue weighted by atomic mass is 16.6. The van der Waals surface area contributed by atoms with Gasteiger partial charge in [-0.1, -0.05) is 0 Å². The summed E-state index contributed by atoms with van der Waals surface area (Å²) in [5.74, 6) is 0.0957. The molecule has 1 heterocycles. The van der Waals surface area contributed by atoms with E-state index in [2.05, 4.69) is 15.3 Å². The van der Waals surface area contributed by atoms with Crippen molar-refractivity contribution in [2.24, 2.45) is 0 Å². The van der Waals surface area contributed by atoms with Crippen molar-refractivity contribution < 1.29 is 9.53 Å². The Morgan fingerprint density at radius 1 is 1.40 bits per heavy atom. The van der Waals surface area contributed by atoms with Gasteiger partial charge in [0.1, 0.15) is 12.1 Å². The number of nitrogens with one attached hydrogen (secondary N) is 1. The summed E-state index contributed by atoms with van der Waals surface area (Å²) in [5, 5.41) is 2.77. The molecule has 5 nitrogen and oxygen atoms in total. The van der Waals surface area contributed by atoms with Crippen LogP contribution in [-0.2, 0) is 9.53 Å². The summed E-state index contributed by atoms with van der Waals surface area (Å²) in [6.45, 7) is 5.54. The summed E-state index contributed by atoms with van der Waals surface area (Å²) in [5.41, 5.74) is -0.462. The lowest BCUT2D eigenvalue weighted by atomic mass is 10.2. The second-order valence-electron chi connectivity index (χ2n) is 4.01. The molecule has 82 valence electrons. The molecule has 0 saturated heterocycles. The second-order valence-corrected chi connectivity index (χ2v) is 4.01. The molecule has 1 N–H and O–H groups in total. The SMILES string of the molecule is CC(C)(C)OC(=O)CNc1ncccn1. The van der Waals surface area contributed by atoms with Gasteiger partial charge < -0.3 is 10.1 Å². The lowest BCUT2D eigenvalue weighted by molar-refractivity contribution is -0.152. The number of aromatic nitrogens is 2. The van der Waals surface area contributed by atoms with Gasteiger partial charge in [0.15, 0.2) is 0 Å². The van der Waals surface area contributed by atoms with E-state index in [-0.39, 0.29) is 12.5 Å². The molecule has 1 aromatic heterocycles. The molecule has 0 saturated carbocycles. The van der Waals surface area contributed by atoms with E-state index in [1.807, 2.05) is 20.8 Å². The summed E-state index contributed by atoms with van der Waals surface area (Å²) in [7, 11) is 0. The summed E-state index contributed by atoms with van der Waals surface area (Å²) >= 11 is 0. The predicted molar refractivity (Wildman–Crippen MR) is 56.4 cm³/mol. The fourth-order valence-electron chi connectivity index (χ4n) is 0.919. The first-order valence-electron chi connectivity index (χ1n) is 4.70. The summed E-state index contributed by atoms with van der Waals surface area (Å²) in [4.78, 5) is 19.1. The standard InChI is InChI=1S/C10H15N3O2/c1-10(2,3)15-8(14)7-13-9-11-5-4-6-12-9/h4-6H,7H2,1-3H3,(H,11,12,13). The molecule has 1 rings (SSSR count). The molecular weight excluding hydrogens is 194 g/mol. The van der Waals surface area contributed by atoms with Crippen molar-refractivity contribution in [2.45, 2.75) is 26.4 Å². The van der Waals surface area contributed by atoms with E-state index in [1.165, 1.54) is 0 Å². The summed E-state index contributed by atoms with van der Waals surface area (Å²) in [6.07, 6.45) is 3.20. The highest BCUT2D eigenvalue weighted by Crippen LogP contribution is 2.06. The largest absolute Gasteiger partial charge is 0.459 e. The van der Waals surface area contributed by atoms with Gasteiger partial charge in [-0.25, -0.2) is 9.97 Å². The lowest BCUT2D eigenvalue weighted by Gasteiger charge is -2.19. The van der Waals surface area contributed by atoms with Gasteiger partial charge in [0.05, 0.1) is 0 Å². The first-order chi connectivity index (χ1) is 6.97. The van der Waals surface area contributed by atoms with E-state index in [0.717, 1.165) is 0 Å². The number of nitrogens with zero attached hydrogens (tertiary/aromatic N) is 2. The van der Waals surface area contributed by atoms with Crippen molar-refractivity contribution in [1.82, 2.24) is 9.97 Å². The van der Waals surface area contributed by atoms with Crippen LogP contribution in [0.1, 0.15) is 20.8 Å². The Morgan fingerprint density at radius 3 is 2.53 bits per heavy atom. The van der Waals surface area contributed by atoms with Gasteiger partial charge >= 0.3 is 5.97 Å². The average molecular weight is 209 g/mol. The number of rotatable bonds is 3. The Balaban J connectivity index is 2.35. The van der Waals surface area contributed by atoms with Gasteiger partial charge in [-0.15, -0.1) is 0 Å². The van der Waals surface area contributed by atoms with Crippen molar-refractivity contribution in [3.8, 4) is 0 Å². The first-order valence-corrected chi connectivity index (χ1v) is 4.70. The van der Waals surface area contributed by atoms with Crippen LogP contribution >= 0.6 is 0 Å². The maximum absolute atomic E-state index is 11.3. The Kier molecular flexibility index (Phi) is 3.60. The molecular formula is C10H15N3O2. The first kappa shape index (κ1) is 11.4. The van der Waals surface area contributed by atoms with Crippen LogP contribution in [0.2, 0.25) is 0 Å². The third-order valence-electron chi connectivity index (χ3n) is 1.38. The topological polar surface area (TPSA) is 64.1 Å². The third-order valence-corrected chi connectivity index (χ3v) is 1.38. The zero-order valence-electron chi connectivity index (χ0n) is 9.15. The third kappa shape index (κ3) is 4.95. The number of hydrogen-bond acceptors (Lipinski definition) is 5. The Morgan fingerprint density at radius 2 is 2.00 bits per heavy atom. The predicted octanol–water partition coefficient (Wildman–Crippen LogP) is 1.23. The monoisotopic (exact) mass is 209 g/mol. The summed E-state index contributed by atoms with van der Waals surface area (Å²) in [6, 6.07) is 1.71. The lowest BCUT2D eigenvalue weighted by Crippen LogP contribution is -2.28. The zero-order chi connectivity index (χ0) is 11.3. The van der Waals surface area contributed by atoms with Crippen LogP contribution in [0.15, 0.2) is 18.5 Å².